The highest BCUT2D eigenvalue weighted by Gasteiger charge is 2.59. The first-order valence-corrected chi connectivity index (χ1v) is 14.6. The summed E-state index contributed by atoms with van der Waals surface area (Å²) in [5, 5.41) is 7.50. The molecule has 5 aliphatic rings. The van der Waals surface area contributed by atoms with Gasteiger partial charge in [0.1, 0.15) is 17.7 Å². The van der Waals surface area contributed by atoms with E-state index in [1.807, 2.05) is 9.80 Å². The van der Waals surface area contributed by atoms with Crippen LogP contribution in [0.15, 0.2) is 29.2 Å². The van der Waals surface area contributed by atoms with Gasteiger partial charge in [0.2, 0.25) is 0 Å². The van der Waals surface area contributed by atoms with Crippen LogP contribution in [0.5, 0.6) is 5.75 Å². The van der Waals surface area contributed by atoms with Crippen LogP contribution in [-0.2, 0) is 9.73 Å². The van der Waals surface area contributed by atoms with E-state index in [2.05, 4.69) is 15.2 Å². The third kappa shape index (κ3) is 3.87. The lowest BCUT2D eigenvalue weighted by Gasteiger charge is -2.62. The number of likely N-dealkylation sites (tertiary alicyclic amines) is 2. The molecule has 38 heavy (non-hydrogen) atoms. The van der Waals surface area contributed by atoms with Crippen molar-refractivity contribution in [1.82, 2.24) is 25.0 Å². The number of aromatic amines is 1. The van der Waals surface area contributed by atoms with Gasteiger partial charge in [-0.15, -0.1) is 0 Å². The number of aromatic nitrogens is 3. The molecular formula is C25H29F3N6O3S. The molecule has 5 fully saturated rings. The Morgan fingerprint density at radius 2 is 1.68 bits per heavy atom. The van der Waals surface area contributed by atoms with Gasteiger partial charge in [0.15, 0.2) is 15.6 Å². The zero-order chi connectivity index (χ0) is 26.5. The smallest absolute Gasteiger partial charge is 0.483 e. The third-order valence-corrected chi connectivity index (χ3v) is 10.5. The van der Waals surface area contributed by atoms with E-state index in [0.717, 1.165) is 49.7 Å². The second-order valence-corrected chi connectivity index (χ2v) is 14.1. The fourth-order valence-corrected chi connectivity index (χ4v) is 7.55. The van der Waals surface area contributed by atoms with Gasteiger partial charge >= 0.3 is 11.5 Å². The van der Waals surface area contributed by atoms with Crippen molar-refractivity contribution in [2.75, 3.05) is 26.2 Å². The van der Waals surface area contributed by atoms with E-state index in [1.165, 1.54) is 25.0 Å². The summed E-state index contributed by atoms with van der Waals surface area (Å²) in [6.45, 7) is 2.89. The van der Waals surface area contributed by atoms with E-state index in [1.54, 1.807) is 0 Å². The van der Waals surface area contributed by atoms with Crippen LogP contribution in [0, 0.1) is 15.6 Å². The molecule has 2 N–H and O–H groups in total. The van der Waals surface area contributed by atoms with Crippen molar-refractivity contribution >= 4 is 15.8 Å². The van der Waals surface area contributed by atoms with E-state index < -0.39 is 20.1 Å². The number of nitrogens with one attached hydrogen (secondary N) is 2. The molecule has 9 nitrogen and oxygen atoms in total. The van der Waals surface area contributed by atoms with Gasteiger partial charge in [-0.25, -0.2) is 18.8 Å². The lowest BCUT2D eigenvalue weighted by Crippen LogP contribution is -2.71. The van der Waals surface area contributed by atoms with Crippen LogP contribution in [0.25, 0.3) is 0 Å². The number of urea groups is 1. The summed E-state index contributed by atoms with van der Waals surface area (Å²) in [5.74, 6) is 3.08. The summed E-state index contributed by atoms with van der Waals surface area (Å²) >= 11 is 0. The maximum atomic E-state index is 13.0. The number of amides is 2. The maximum Gasteiger partial charge on any atom is 0.483 e. The molecule has 3 aliphatic carbocycles. The number of hydrogen-bond donors (Lipinski definition) is 2. The quantitative estimate of drug-likeness (QED) is 0.571. The van der Waals surface area contributed by atoms with Crippen LogP contribution in [0.2, 0.25) is 0 Å². The SMILES string of the molecule is N=S(=O)(c1cccc(OC2CC3(C2)CN(C(=O)N2CC4(CC(c5n[nH]c(C6CC6)n5)C4)C2)C3)c1)C(F)(F)F. The number of benzene rings is 1. The average Bonchev–Trinajstić information content (AvgIpc) is 3.49. The molecule has 2 spiro atoms. The first kappa shape index (κ1) is 24.2. The zero-order valence-electron chi connectivity index (χ0n) is 20.7. The minimum Gasteiger partial charge on any atom is -0.490 e. The van der Waals surface area contributed by atoms with E-state index in [9.17, 15) is 22.2 Å². The lowest BCUT2D eigenvalue weighted by atomic mass is 9.57. The van der Waals surface area contributed by atoms with Gasteiger partial charge in [-0.05, 0) is 56.7 Å². The number of ether oxygens (including phenoxy) is 1. The van der Waals surface area contributed by atoms with Crippen molar-refractivity contribution in [3.05, 3.63) is 35.9 Å². The van der Waals surface area contributed by atoms with E-state index in [0.29, 0.717) is 37.8 Å². The standard InChI is InChI=1S/C25H29F3N6O3S/c26-25(27,28)38(29,36)19-3-1-2-17(6-19)37-18-9-24(10-18)13-34(14-24)22(35)33-11-23(12-33)7-16(8-23)21-30-20(31-32-21)15-4-5-15/h1-3,6,15-16,18,29H,4-5,7-14H2,(H,30,31,32). The third-order valence-electron chi connectivity index (χ3n) is 8.94. The van der Waals surface area contributed by atoms with E-state index >= 15 is 0 Å². The van der Waals surface area contributed by atoms with Crippen LogP contribution in [-0.4, -0.2) is 73.0 Å². The summed E-state index contributed by atoms with van der Waals surface area (Å²) in [5.41, 5.74) is -4.93. The summed E-state index contributed by atoms with van der Waals surface area (Å²) < 4.78 is 63.9. The summed E-state index contributed by atoms with van der Waals surface area (Å²) in [6.07, 6.45) is 5.69. The highest BCUT2D eigenvalue weighted by Crippen LogP contribution is 2.57. The first-order valence-electron chi connectivity index (χ1n) is 13.0. The fourth-order valence-electron chi connectivity index (χ4n) is 6.73. The molecule has 2 aromatic rings. The number of alkyl halides is 3. The van der Waals surface area contributed by atoms with Crippen molar-refractivity contribution in [1.29, 1.82) is 4.78 Å². The molecule has 2 aliphatic heterocycles. The minimum atomic E-state index is -5.14. The largest absolute Gasteiger partial charge is 0.490 e. The van der Waals surface area contributed by atoms with Crippen molar-refractivity contribution in [2.45, 2.75) is 66.9 Å². The summed E-state index contributed by atoms with van der Waals surface area (Å²) in [7, 11) is -4.92. The Bertz CT molecular complexity index is 1380. The minimum absolute atomic E-state index is 0.00186. The van der Waals surface area contributed by atoms with Crippen LogP contribution in [0.3, 0.4) is 0 Å². The van der Waals surface area contributed by atoms with Gasteiger partial charge in [-0.2, -0.15) is 18.3 Å². The van der Waals surface area contributed by atoms with Crippen molar-refractivity contribution in [3.8, 4) is 5.75 Å². The molecule has 2 amide bonds. The monoisotopic (exact) mass is 550 g/mol. The average molecular weight is 551 g/mol. The zero-order valence-corrected chi connectivity index (χ0v) is 21.5. The number of carbonyl (C=O) groups is 1. The highest BCUT2D eigenvalue weighted by molar-refractivity contribution is 7.93. The Kier molecular flexibility index (Phi) is 5.01. The molecule has 1 aromatic heterocycles. The van der Waals surface area contributed by atoms with Crippen molar-refractivity contribution in [3.63, 3.8) is 0 Å². The van der Waals surface area contributed by atoms with Gasteiger partial charge < -0.3 is 14.5 Å². The normalized spacial score (nSPS) is 25.8. The second-order valence-electron chi connectivity index (χ2n) is 12.1. The molecule has 0 bridgehead atoms. The van der Waals surface area contributed by atoms with Crippen LogP contribution in [0.4, 0.5) is 18.0 Å². The number of halogens is 3. The van der Waals surface area contributed by atoms with E-state index in [-0.39, 0.29) is 28.7 Å². The van der Waals surface area contributed by atoms with Crippen LogP contribution in [0.1, 0.15) is 62.0 Å². The molecule has 1 unspecified atom stereocenters. The molecule has 3 saturated carbocycles. The van der Waals surface area contributed by atoms with Gasteiger partial charge in [-0.3, -0.25) is 5.10 Å². The number of nitrogens with zero attached hydrogens (tertiary/aromatic N) is 4. The molecule has 0 radical (unpaired) electrons. The molecule has 13 heteroatoms. The van der Waals surface area contributed by atoms with Crippen LogP contribution < -0.4 is 4.74 Å². The van der Waals surface area contributed by atoms with Crippen molar-refractivity contribution < 1.29 is 26.9 Å². The lowest BCUT2D eigenvalue weighted by molar-refractivity contribution is -0.117. The summed E-state index contributed by atoms with van der Waals surface area (Å²) in [4.78, 5) is 20.8. The predicted molar refractivity (Wildman–Crippen MR) is 129 cm³/mol. The molecular weight excluding hydrogens is 521 g/mol. The van der Waals surface area contributed by atoms with Gasteiger partial charge in [0.25, 0.3) is 0 Å². The Morgan fingerprint density at radius 3 is 2.29 bits per heavy atom. The molecule has 204 valence electrons. The van der Waals surface area contributed by atoms with E-state index in [4.69, 9.17) is 9.52 Å². The van der Waals surface area contributed by atoms with Crippen LogP contribution >= 0.6 is 0 Å². The predicted octanol–water partition coefficient (Wildman–Crippen LogP) is 4.45. The Balaban J connectivity index is 0.858. The molecule has 7 rings (SSSR count). The molecule has 2 saturated heterocycles. The second kappa shape index (κ2) is 7.86. The number of carbonyl (C=O) groups excluding carboxylic acids is 1. The molecule has 1 atom stereocenters. The highest BCUT2D eigenvalue weighted by atomic mass is 32.2. The topological polar surface area (TPSA) is 115 Å². The van der Waals surface area contributed by atoms with Crippen molar-refractivity contribution in [2.24, 2.45) is 10.8 Å². The van der Waals surface area contributed by atoms with Gasteiger partial charge in [0, 0.05) is 48.8 Å². The maximum absolute atomic E-state index is 13.0. The fraction of sp³-hybridized carbons (Fsp3) is 0.640. The Labute approximate surface area is 218 Å². The number of rotatable bonds is 5. The molecule has 1 aromatic carbocycles. The summed E-state index contributed by atoms with van der Waals surface area (Å²) in [6, 6.07) is 4.99. The Morgan fingerprint density at radius 1 is 1.05 bits per heavy atom. The number of hydrogen-bond acceptors (Lipinski definition) is 6. The Hall–Kier alpha value is -2.83. The van der Waals surface area contributed by atoms with Gasteiger partial charge in [-0.1, -0.05) is 6.07 Å². The molecule has 3 heterocycles. The number of H-pyrrole nitrogens is 1. The first-order chi connectivity index (χ1) is 17.9. The van der Waals surface area contributed by atoms with Gasteiger partial charge in [0.05, 0.1) is 4.90 Å².